The number of halogens is 2. The zero-order valence-corrected chi connectivity index (χ0v) is 13.0. The summed E-state index contributed by atoms with van der Waals surface area (Å²) in [5, 5.41) is 12.9. The highest BCUT2D eigenvalue weighted by molar-refractivity contribution is 6.30. The van der Waals surface area contributed by atoms with Crippen molar-refractivity contribution in [3.63, 3.8) is 0 Å². The summed E-state index contributed by atoms with van der Waals surface area (Å²) in [5.41, 5.74) is -1.08. The summed E-state index contributed by atoms with van der Waals surface area (Å²) in [7, 11) is 1.49. The Labute approximate surface area is 133 Å². The fourth-order valence-electron chi connectivity index (χ4n) is 2.63. The van der Waals surface area contributed by atoms with Gasteiger partial charge in [0.05, 0.1) is 23.6 Å². The van der Waals surface area contributed by atoms with Crippen molar-refractivity contribution in [3.8, 4) is 0 Å². The molecule has 1 aromatic rings. The normalized spacial score (nSPS) is 21.5. The molecular weight excluding hydrogens is 311 g/mol. The maximum atomic E-state index is 13.5. The van der Waals surface area contributed by atoms with E-state index in [0.29, 0.717) is 19.4 Å². The highest BCUT2D eigenvalue weighted by Crippen LogP contribution is 2.26. The third-order valence-electron chi connectivity index (χ3n) is 3.78. The number of rotatable bonds is 3. The minimum Gasteiger partial charge on any atom is -0.388 e. The van der Waals surface area contributed by atoms with Crippen LogP contribution in [0, 0.1) is 5.82 Å². The zero-order chi connectivity index (χ0) is 16.3. The van der Waals surface area contributed by atoms with Crippen LogP contribution in [0.3, 0.4) is 0 Å². The van der Waals surface area contributed by atoms with E-state index in [4.69, 9.17) is 11.6 Å². The smallest absolute Gasteiger partial charge is 0.254 e. The molecule has 0 radical (unpaired) electrons. The molecule has 1 unspecified atom stereocenters. The first-order valence-electron chi connectivity index (χ1n) is 7.02. The van der Waals surface area contributed by atoms with Gasteiger partial charge in [-0.3, -0.25) is 9.59 Å². The van der Waals surface area contributed by atoms with Crippen molar-refractivity contribution in [1.29, 1.82) is 0 Å². The van der Waals surface area contributed by atoms with E-state index in [2.05, 4.69) is 5.32 Å². The number of β-amino-alcohol motifs (C(OH)–C–C–N with tert-alkyl or cyclic N) is 1. The minimum absolute atomic E-state index is 0.0451. The number of amides is 2. The molecule has 5 nitrogen and oxygen atoms in total. The first-order valence-corrected chi connectivity index (χ1v) is 7.40. The van der Waals surface area contributed by atoms with Gasteiger partial charge in [0.25, 0.3) is 5.91 Å². The van der Waals surface area contributed by atoms with Crippen LogP contribution in [0.4, 0.5) is 4.39 Å². The van der Waals surface area contributed by atoms with Crippen LogP contribution >= 0.6 is 11.6 Å². The summed E-state index contributed by atoms with van der Waals surface area (Å²) in [4.78, 5) is 25.3. The molecule has 0 aliphatic carbocycles. The molecule has 1 aliphatic heterocycles. The van der Waals surface area contributed by atoms with Gasteiger partial charge in [-0.05, 0) is 31.0 Å². The van der Waals surface area contributed by atoms with Crippen molar-refractivity contribution in [2.75, 3.05) is 20.1 Å². The van der Waals surface area contributed by atoms with E-state index in [-0.39, 0.29) is 35.4 Å². The second-order valence-electron chi connectivity index (χ2n) is 5.53. The molecule has 1 atom stereocenters. The number of likely N-dealkylation sites (tertiary alicyclic amines) is 1. The SMILES string of the molecule is CNC(=O)CC1(O)CCCN(C(=O)c2ccc(Cl)c(F)c2)C1. The Kier molecular flexibility index (Phi) is 5.03. The number of nitrogens with zero attached hydrogens (tertiary/aromatic N) is 1. The zero-order valence-electron chi connectivity index (χ0n) is 12.2. The van der Waals surface area contributed by atoms with Crippen molar-refractivity contribution in [2.45, 2.75) is 24.9 Å². The number of aliphatic hydroxyl groups is 1. The summed E-state index contributed by atoms with van der Waals surface area (Å²) in [6.07, 6.45) is 0.955. The standard InChI is InChI=1S/C15H18ClFN2O3/c1-18-13(20)8-15(22)5-2-6-19(9-15)14(21)10-3-4-11(16)12(17)7-10/h3-4,7,22H,2,5-6,8-9H2,1H3,(H,18,20). The average Bonchev–Trinajstić information content (AvgIpc) is 2.48. The van der Waals surface area contributed by atoms with Gasteiger partial charge in [-0.2, -0.15) is 0 Å². The van der Waals surface area contributed by atoms with Gasteiger partial charge in [-0.1, -0.05) is 11.6 Å². The second kappa shape index (κ2) is 6.62. The molecule has 0 saturated carbocycles. The lowest BCUT2D eigenvalue weighted by Crippen LogP contribution is -2.52. The molecule has 1 aliphatic rings. The van der Waals surface area contributed by atoms with Crippen LogP contribution in [0.5, 0.6) is 0 Å². The highest BCUT2D eigenvalue weighted by Gasteiger charge is 2.37. The van der Waals surface area contributed by atoms with Crippen LogP contribution in [0.15, 0.2) is 18.2 Å². The molecule has 1 fully saturated rings. The van der Waals surface area contributed by atoms with Crippen molar-refractivity contribution < 1.29 is 19.1 Å². The molecule has 7 heteroatoms. The van der Waals surface area contributed by atoms with Gasteiger partial charge in [0.2, 0.25) is 5.91 Å². The highest BCUT2D eigenvalue weighted by atomic mass is 35.5. The molecule has 22 heavy (non-hydrogen) atoms. The maximum absolute atomic E-state index is 13.5. The molecule has 2 N–H and O–H groups in total. The number of benzene rings is 1. The van der Waals surface area contributed by atoms with Crippen LogP contribution in [0.25, 0.3) is 0 Å². The number of carbonyl (C=O) groups is 2. The summed E-state index contributed by atoms with van der Waals surface area (Å²) < 4.78 is 13.5. The van der Waals surface area contributed by atoms with Crippen LogP contribution in [0.2, 0.25) is 5.02 Å². The summed E-state index contributed by atoms with van der Waals surface area (Å²) in [6, 6.07) is 3.85. The van der Waals surface area contributed by atoms with Crippen LogP contribution in [-0.2, 0) is 4.79 Å². The number of hydrogen-bond donors (Lipinski definition) is 2. The third kappa shape index (κ3) is 3.75. The lowest BCUT2D eigenvalue weighted by atomic mass is 9.89. The molecular formula is C15H18ClFN2O3. The van der Waals surface area contributed by atoms with E-state index < -0.39 is 11.4 Å². The van der Waals surface area contributed by atoms with Crippen molar-refractivity contribution in [2.24, 2.45) is 0 Å². The first-order chi connectivity index (χ1) is 10.3. The lowest BCUT2D eigenvalue weighted by molar-refractivity contribution is -0.127. The van der Waals surface area contributed by atoms with Gasteiger partial charge in [-0.15, -0.1) is 0 Å². The quantitative estimate of drug-likeness (QED) is 0.885. The average molecular weight is 329 g/mol. The predicted molar refractivity (Wildman–Crippen MR) is 80.2 cm³/mol. The predicted octanol–water partition coefficient (Wildman–Crippen LogP) is 1.58. The van der Waals surface area contributed by atoms with E-state index in [0.717, 1.165) is 6.07 Å². The molecule has 1 aromatic carbocycles. The number of nitrogens with one attached hydrogen (secondary N) is 1. The van der Waals surface area contributed by atoms with Gasteiger partial charge in [0.15, 0.2) is 0 Å². The summed E-state index contributed by atoms with van der Waals surface area (Å²) >= 11 is 5.61. The molecule has 2 rings (SSSR count). The Morgan fingerprint density at radius 1 is 1.50 bits per heavy atom. The molecule has 0 spiro atoms. The van der Waals surface area contributed by atoms with Gasteiger partial charge in [-0.25, -0.2) is 4.39 Å². The Hall–Kier alpha value is -1.66. The van der Waals surface area contributed by atoms with E-state index in [1.54, 1.807) is 0 Å². The molecule has 120 valence electrons. The second-order valence-corrected chi connectivity index (χ2v) is 5.94. The van der Waals surface area contributed by atoms with Gasteiger partial charge in [0.1, 0.15) is 5.82 Å². The Bertz CT molecular complexity index is 596. The van der Waals surface area contributed by atoms with E-state index in [1.165, 1.54) is 24.1 Å². The van der Waals surface area contributed by atoms with Crippen molar-refractivity contribution >= 4 is 23.4 Å². The lowest BCUT2D eigenvalue weighted by Gasteiger charge is -2.38. The van der Waals surface area contributed by atoms with E-state index in [9.17, 15) is 19.1 Å². The van der Waals surface area contributed by atoms with Gasteiger partial charge < -0.3 is 15.3 Å². The fraction of sp³-hybridized carbons (Fsp3) is 0.467. The Morgan fingerprint density at radius 2 is 2.23 bits per heavy atom. The van der Waals surface area contributed by atoms with Crippen LogP contribution < -0.4 is 5.32 Å². The largest absolute Gasteiger partial charge is 0.388 e. The third-order valence-corrected chi connectivity index (χ3v) is 4.08. The molecule has 0 bridgehead atoms. The summed E-state index contributed by atoms with van der Waals surface area (Å²) in [6.45, 7) is 0.503. The fourth-order valence-corrected chi connectivity index (χ4v) is 2.75. The summed E-state index contributed by atoms with van der Waals surface area (Å²) in [5.74, 6) is -1.33. The monoisotopic (exact) mass is 328 g/mol. The van der Waals surface area contributed by atoms with Crippen LogP contribution in [0.1, 0.15) is 29.6 Å². The Morgan fingerprint density at radius 3 is 2.86 bits per heavy atom. The minimum atomic E-state index is -1.25. The van der Waals surface area contributed by atoms with Gasteiger partial charge in [0, 0.05) is 19.2 Å². The molecule has 1 heterocycles. The van der Waals surface area contributed by atoms with Crippen LogP contribution in [-0.4, -0.2) is 47.6 Å². The van der Waals surface area contributed by atoms with Gasteiger partial charge >= 0.3 is 0 Å². The molecule has 1 saturated heterocycles. The van der Waals surface area contributed by atoms with Crippen molar-refractivity contribution in [3.05, 3.63) is 34.6 Å². The number of piperidine rings is 1. The number of hydrogen-bond acceptors (Lipinski definition) is 3. The topological polar surface area (TPSA) is 69.6 Å². The number of carbonyl (C=O) groups excluding carboxylic acids is 2. The first kappa shape index (κ1) is 16.7. The van der Waals surface area contributed by atoms with E-state index >= 15 is 0 Å². The molecule has 0 aromatic heterocycles. The van der Waals surface area contributed by atoms with E-state index in [1.807, 2.05) is 0 Å². The maximum Gasteiger partial charge on any atom is 0.254 e. The Balaban J connectivity index is 2.12. The molecule has 2 amide bonds. The van der Waals surface area contributed by atoms with Crippen molar-refractivity contribution in [1.82, 2.24) is 10.2 Å².